The molecule has 2 aromatic carbocycles. The lowest BCUT2D eigenvalue weighted by atomic mass is 10.2. The van der Waals surface area contributed by atoms with E-state index in [0.29, 0.717) is 16.3 Å². The van der Waals surface area contributed by atoms with E-state index in [1.54, 1.807) is 29.2 Å². The molecule has 3 aromatic rings. The SMILES string of the molecule is C=CCNC(=O)COC(=O)c1cccc(N2CC(O)=C(c3nc4ccccc4s3)C2=N)c1. The van der Waals surface area contributed by atoms with E-state index in [1.807, 2.05) is 24.3 Å². The Hall–Kier alpha value is -3.98. The number of nitrogens with one attached hydrogen (secondary N) is 2. The third-order valence-electron chi connectivity index (χ3n) is 4.78. The van der Waals surface area contributed by atoms with E-state index < -0.39 is 18.5 Å². The molecular formula is C23H20N4O4S. The average Bonchev–Trinajstić information content (AvgIpc) is 3.35. The molecule has 1 aliphatic rings. The van der Waals surface area contributed by atoms with Crippen LogP contribution in [0.3, 0.4) is 0 Å². The third kappa shape index (κ3) is 4.23. The number of benzene rings is 2. The molecule has 8 nitrogen and oxygen atoms in total. The predicted octanol–water partition coefficient (Wildman–Crippen LogP) is 3.52. The van der Waals surface area contributed by atoms with Gasteiger partial charge in [0.25, 0.3) is 5.91 Å². The Labute approximate surface area is 188 Å². The zero-order valence-electron chi connectivity index (χ0n) is 17.0. The topological polar surface area (TPSA) is 116 Å². The van der Waals surface area contributed by atoms with E-state index in [2.05, 4.69) is 16.9 Å². The smallest absolute Gasteiger partial charge is 0.338 e. The first-order valence-corrected chi connectivity index (χ1v) is 10.6. The number of amidine groups is 1. The number of para-hydroxylation sites is 1. The summed E-state index contributed by atoms with van der Waals surface area (Å²) in [6.45, 7) is 3.48. The maximum absolute atomic E-state index is 12.4. The van der Waals surface area contributed by atoms with Crippen molar-refractivity contribution in [2.75, 3.05) is 24.6 Å². The van der Waals surface area contributed by atoms with Crippen molar-refractivity contribution >= 4 is 50.5 Å². The minimum atomic E-state index is -0.657. The number of carbonyl (C=O) groups excluding carboxylic acids is 2. The summed E-state index contributed by atoms with van der Waals surface area (Å²) < 4.78 is 6.02. The van der Waals surface area contributed by atoms with E-state index in [9.17, 15) is 14.7 Å². The van der Waals surface area contributed by atoms with Crippen molar-refractivity contribution in [3.05, 3.63) is 77.5 Å². The number of carbonyl (C=O) groups is 2. The number of hydrogen-bond donors (Lipinski definition) is 3. The van der Waals surface area contributed by atoms with Gasteiger partial charge in [-0.25, -0.2) is 9.78 Å². The largest absolute Gasteiger partial charge is 0.510 e. The number of anilines is 1. The molecule has 0 spiro atoms. The maximum atomic E-state index is 12.4. The number of esters is 1. The Kier molecular flexibility index (Phi) is 6.00. The average molecular weight is 449 g/mol. The molecule has 0 fully saturated rings. The van der Waals surface area contributed by atoms with Gasteiger partial charge in [0, 0.05) is 12.2 Å². The maximum Gasteiger partial charge on any atom is 0.338 e. The Morgan fingerprint density at radius 3 is 2.88 bits per heavy atom. The van der Waals surface area contributed by atoms with Crippen LogP contribution in [-0.2, 0) is 9.53 Å². The van der Waals surface area contributed by atoms with Crippen molar-refractivity contribution in [1.82, 2.24) is 10.3 Å². The molecule has 4 rings (SSSR count). The van der Waals surface area contributed by atoms with Crippen LogP contribution in [0.15, 0.2) is 66.9 Å². The minimum absolute atomic E-state index is 0.0425. The van der Waals surface area contributed by atoms with Crippen molar-refractivity contribution in [3.63, 3.8) is 0 Å². The van der Waals surface area contributed by atoms with Crippen molar-refractivity contribution < 1.29 is 19.4 Å². The van der Waals surface area contributed by atoms with Crippen LogP contribution < -0.4 is 10.2 Å². The summed E-state index contributed by atoms with van der Waals surface area (Å²) in [5.41, 5.74) is 1.96. The van der Waals surface area contributed by atoms with Crippen LogP contribution in [0, 0.1) is 5.41 Å². The molecule has 1 aromatic heterocycles. The highest BCUT2D eigenvalue weighted by atomic mass is 32.1. The van der Waals surface area contributed by atoms with Crippen LogP contribution >= 0.6 is 11.3 Å². The summed E-state index contributed by atoms with van der Waals surface area (Å²) in [5, 5.41) is 22.3. The van der Waals surface area contributed by atoms with Gasteiger partial charge in [-0.3, -0.25) is 10.2 Å². The molecule has 162 valence electrons. The van der Waals surface area contributed by atoms with Crippen LogP contribution in [-0.4, -0.2) is 47.5 Å². The van der Waals surface area contributed by atoms with Gasteiger partial charge in [-0.1, -0.05) is 24.3 Å². The fourth-order valence-corrected chi connectivity index (χ4v) is 4.29. The summed E-state index contributed by atoms with van der Waals surface area (Å²) in [6, 6.07) is 14.1. The Bertz CT molecular complexity index is 1230. The van der Waals surface area contributed by atoms with E-state index in [4.69, 9.17) is 10.1 Å². The van der Waals surface area contributed by atoms with E-state index in [-0.39, 0.29) is 30.2 Å². The van der Waals surface area contributed by atoms with Crippen LogP contribution in [0.4, 0.5) is 5.69 Å². The summed E-state index contributed by atoms with van der Waals surface area (Å²) in [7, 11) is 0. The minimum Gasteiger partial charge on any atom is -0.510 e. The number of amides is 1. The first kappa shape index (κ1) is 21.3. The molecule has 9 heteroatoms. The van der Waals surface area contributed by atoms with Crippen LogP contribution in [0.5, 0.6) is 0 Å². The number of rotatable bonds is 7. The van der Waals surface area contributed by atoms with Gasteiger partial charge in [-0.05, 0) is 30.3 Å². The number of aliphatic hydroxyl groups is 1. The third-order valence-corrected chi connectivity index (χ3v) is 5.84. The molecular weight excluding hydrogens is 428 g/mol. The number of fused-ring (bicyclic) bond motifs is 1. The Morgan fingerprint density at radius 1 is 1.28 bits per heavy atom. The number of nitrogens with zero attached hydrogens (tertiary/aromatic N) is 2. The summed E-state index contributed by atoms with van der Waals surface area (Å²) >= 11 is 1.41. The predicted molar refractivity (Wildman–Crippen MR) is 124 cm³/mol. The quantitative estimate of drug-likeness (QED) is 0.376. The molecule has 0 radical (unpaired) electrons. The van der Waals surface area contributed by atoms with Crippen molar-refractivity contribution in [1.29, 1.82) is 5.41 Å². The molecule has 0 bridgehead atoms. The zero-order valence-corrected chi connectivity index (χ0v) is 17.8. The number of aliphatic hydroxyl groups excluding tert-OH is 1. The van der Waals surface area contributed by atoms with Crippen molar-refractivity contribution in [2.24, 2.45) is 0 Å². The highest BCUT2D eigenvalue weighted by molar-refractivity contribution is 7.19. The fourth-order valence-electron chi connectivity index (χ4n) is 3.26. The second-order valence-electron chi connectivity index (χ2n) is 6.96. The molecule has 0 aliphatic carbocycles. The molecule has 32 heavy (non-hydrogen) atoms. The standard InChI is InChI=1S/C23H20N4O4S/c1-2-10-25-19(29)13-31-23(30)14-6-5-7-15(11-14)27-12-17(28)20(21(27)24)22-26-16-8-3-4-9-18(16)32-22/h2-9,11,24,28H,1,10,12-13H2,(H,25,29). The van der Waals surface area contributed by atoms with E-state index in [0.717, 1.165) is 10.2 Å². The molecule has 1 amide bonds. The fraction of sp³-hybridized carbons (Fsp3) is 0.130. The number of ether oxygens (including phenoxy) is 1. The van der Waals surface area contributed by atoms with Gasteiger partial charge < -0.3 is 20.1 Å². The van der Waals surface area contributed by atoms with Crippen LogP contribution in [0.25, 0.3) is 15.8 Å². The van der Waals surface area contributed by atoms with Crippen molar-refractivity contribution in [3.8, 4) is 0 Å². The van der Waals surface area contributed by atoms with Gasteiger partial charge in [-0.2, -0.15) is 0 Å². The lowest BCUT2D eigenvalue weighted by Crippen LogP contribution is -2.29. The molecule has 0 atom stereocenters. The highest BCUT2D eigenvalue weighted by Crippen LogP contribution is 2.35. The Balaban J connectivity index is 1.50. The molecule has 1 aliphatic heterocycles. The molecule has 2 heterocycles. The van der Waals surface area contributed by atoms with Gasteiger partial charge in [0.1, 0.15) is 16.6 Å². The van der Waals surface area contributed by atoms with Crippen molar-refractivity contribution in [2.45, 2.75) is 0 Å². The second kappa shape index (κ2) is 9.03. The number of hydrogen-bond acceptors (Lipinski definition) is 7. The van der Waals surface area contributed by atoms with Gasteiger partial charge in [-0.15, -0.1) is 17.9 Å². The molecule has 0 saturated heterocycles. The monoisotopic (exact) mass is 448 g/mol. The Morgan fingerprint density at radius 2 is 2.09 bits per heavy atom. The van der Waals surface area contributed by atoms with Crippen LogP contribution in [0.1, 0.15) is 15.4 Å². The van der Waals surface area contributed by atoms with Crippen LogP contribution in [0.2, 0.25) is 0 Å². The molecule has 3 N–H and O–H groups in total. The highest BCUT2D eigenvalue weighted by Gasteiger charge is 2.31. The first-order valence-electron chi connectivity index (χ1n) is 9.77. The lowest BCUT2D eigenvalue weighted by molar-refractivity contribution is -0.124. The normalized spacial score (nSPS) is 13.5. The van der Waals surface area contributed by atoms with Gasteiger partial charge in [0.15, 0.2) is 6.61 Å². The van der Waals surface area contributed by atoms with Gasteiger partial charge in [0.2, 0.25) is 0 Å². The second-order valence-corrected chi connectivity index (χ2v) is 7.99. The summed E-state index contributed by atoms with van der Waals surface area (Å²) in [6.07, 6.45) is 1.53. The van der Waals surface area contributed by atoms with Gasteiger partial charge >= 0.3 is 5.97 Å². The summed E-state index contributed by atoms with van der Waals surface area (Å²) in [4.78, 5) is 30.1. The number of aromatic nitrogens is 1. The first-order chi connectivity index (χ1) is 15.5. The molecule has 0 unspecified atom stereocenters. The number of thiazole rings is 1. The zero-order chi connectivity index (χ0) is 22.7. The summed E-state index contributed by atoms with van der Waals surface area (Å²) in [5.74, 6) is -0.947. The lowest BCUT2D eigenvalue weighted by Gasteiger charge is -2.19. The van der Waals surface area contributed by atoms with E-state index >= 15 is 0 Å². The van der Waals surface area contributed by atoms with Gasteiger partial charge in [0.05, 0.1) is 27.9 Å². The molecule has 0 saturated carbocycles. The van der Waals surface area contributed by atoms with E-state index in [1.165, 1.54) is 17.4 Å².